The van der Waals surface area contributed by atoms with E-state index in [0.717, 1.165) is 5.56 Å². The molecule has 22 heavy (non-hydrogen) atoms. The fraction of sp³-hybridized carbons (Fsp3) is 0.562. The van der Waals surface area contributed by atoms with E-state index in [9.17, 15) is 4.79 Å². The lowest BCUT2D eigenvalue weighted by molar-refractivity contribution is 0.0472. The second-order valence-electron chi connectivity index (χ2n) is 6.83. The topological polar surface area (TPSA) is 50.4 Å². The highest BCUT2D eigenvalue weighted by Crippen LogP contribution is 2.25. The summed E-state index contributed by atoms with van der Waals surface area (Å²) in [6.45, 7) is 10.5. The van der Waals surface area contributed by atoms with Gasteiger partial charge in [0.2, 0.25) is 0 Å². The number of benzene rings is 1. The molecule has 0 atom stereocenters. The van der Waals surface area contributed by atoms with E-state index in [1.54, 1.807) is 6.07 Å². The van der Waals surface area contributed by atoms with Gasteiger partial charge in [0, 0.05) is 13.1 Å². The van der Waals surface area contributed by atoms with Crippen LogP contribution in [0.3, 0.4) is 0 Å². The molecule has 0 fully saturated rings. The Morgan fingerprint density at radius 1 is 1.18 bits per heavy atom. The average molecular weight is 347 g/mol. The Kier molecular flexibility index (Phi) is 6.53. The first-order chi connectivity index (χ1) is 10.0. The van der Waals surface area contributed by atoms with Crippen molar-refractivity contribution in [2.75, 3.05) is 6.54 Å². The minimum Gasteiger partial charge on any atom is -0.444 e. The molecular formula is C16H24Cl2N2O2. The lowest BCUT2D eigenvalue weighted by atomic mass is 10.1. The van der Waals surface area contributed by atoms with Crippen LogP contribution < -0.4 is 10.6 Å². The Hall–Kier alpha value is -0.970. The van der Waals surface area contributed by atoms with Crippen LogP contribution in [0.4, 0.5) is 4.79 Å². The predicted molar refractivity (Wildman–Crippen MR) is 91.6 cm³/mol. The molecule has 1 aromatic rings. The van der Waals surface area contributed by atoms with E-state index in [1.807, 2.05) is 46.8 Å². The number of amides is 1. The van der Waals surface area contributed by atoms with Gasteiger partial charge in [-0.05, 0) is 46.2 Å². The Morgan fingerprint density at radius 2 is 1.82 bits per heavy atom. The zero-order chi connectivity index (χ0) is 17.0. The first-order valence-electron chi connectivity index (χ1n) is 7.15. The molecule has 2 N–H and O–H groups in total. The van der Waals surface area contributed by atoms with Gasteiger partial charge in [-0.3, -0.25) is 0 Å². The van der Waals surface area contributed by atoms with E-state index in [0.29, 0.717) is 23.1 Å². The molecule has 0 aliphatic heterocycles. The van der Waals surface area contributed by atoms with Crippen LogP contribution in [0.15, 0.2) is 18.2 Å². The number of hydrogen-bond acceptors (Lipinski definition) is 3. The summed E-state index contributed by atoms with van der Waals surface area (Å²) in [4.78, 5) is 11.8. The van der Waals surface area contributed by atoms with E-state index in [-0.39, 0.29) is 0 Å². The molecular weight excluding hydrogens is 323 g/mol. The van der Waals surface area contributed by atoms with Gasteiger partial charge in [0.05, 0.1) is 15.6 Å². The van der Waals surface area contributed by atoms with Crippen molar-refractivity contribution in [3.8, 4) is 0 Å². The van der Waals surface area contributed by atoms with Gasteiger partial charge in [0.15, 0.2) is 0 Å². The van der Waals surface area contributed by atoms with E-state index in [2.05, 4.69) is 10.6 Å². The number of hydrogen-bond donors (Lipinski definition) is 2. The number of ether oxygens (including phenoxy) is 1. The van der Waals surface area contributed by atoms with Crippen LogP contribution in [-0.2, 0) is 11.3 Å². The van der Waals surface area contributed by atoms with Crippen molar-refractivity contribution in [2.24, 2.45) is 0 Å². The minimum absolute atomic E-state index is 0.430. The number of carbonyl (C=O) groups excluding carboxylic acids is 1. The molecule has 1 rings (SSSR count). The van der Waals surface area contributed by atoms with Crippen molar-refractivity contribution < 1.29 is 9.53 Å². The summed E-state index contributed by atoms with van der Waals surface area (Å²) in [5.41, 5.74) is -0.0443. The first-order valence-corrected chi connectivity index (χ1v) is 7.90. The van der Waals surface area contributed by atoms with Crippen LogP contribution in [0.2, 0.25) is 10.0 Å². The molecule has 0 aromatic heterocycles. The largest absolute Gasteiger partial charge is 0.444 e. The Morgan fingerprint density at radius 3 is 2.41 bits per heavy atom. The molecule has 1 aromatic carbocycles. The normalized spacial score (nSPS) is 12.1. The molecule has 0 bridgehead atoms. The fourth-order valence-corrected chi connectivity index (χ4v) is 2.21. The van der Waals surface area contributed by atoms with Gasteiger partial charge in [0.1, 0.15) is 5.60 Å². The molecule has 0 heterocycles. The number of alkyl carbamates (subject to hydrolysis) is 1. The van der Waals surface area contributed by atoms with Gasteiger partial charge in [-0.2, -0.15) is 0 Å². The third-order valence-electron chi connectivity index (χ3n) is 2.75. The number of rotatable bonds is 5. The summed E-state index contributed by atoms with van der Waals surface area (Å²) >= 11 is 12.1. The molecule has 0 unspecified atom stereocenters. The van der Waals surface area contributed by atoms with Crippen LogP contribution >= 0.6 is 23.2 Å². The third-order valence-corrected chi connectivity index (χ3v) is 3.61. The molecule has 124 valence electrons. The summed E-state index contributed by atoms with van der Waals surface area (Å²) in [5, 5.41) is 7.19. The standard InChI is InChI=1S/C16H24Cl2N2O2/c1-15(2,3)22-14(21)20-16(4,5)10-19-9-11-7-6-8-12(17)13(11)18/h6-8,19H,9-10H2,1-5H3,(H,20,21). The zero-order valence-electron chi connectivity index (χ0n) is 13.7. The zero-order valence-corrected chi connectivity index (χ0v) is 15.2. The summed E-state index contributed by atoms with van der Waals surface area (Å²) < 4.78 is 5.26. The average Bonchev–Trinajstić information content (AvgIpc) is 2.31. The molecule has 0 saturated heterocycles. The van der Waals surface area contributed by atoms with Gasteiger partial charge in [-0.1, -0.05) is 35.3 Å². The predicted octanol–water partition coefficient (Wildman–Crippen LogP) is 4.39. The molecule has 0 saturated carbocycles. The van der Waals surface area contributed by atoms with Gasteiger partial charge >= 0.3 is 6.09 Å². The van der Waals surface area contributed by atoms with Crippen LogP contribution in [-0.4, -0.2) is 23.8 Å². The number of nitrogens with one attached hydrogen (secondary N) is 2. The second-order valence-corrected chi connectivity index (χ2v) is 7.61. The van der Waals surface area contributed by atoms with Gasteiger partial charge in [-0.15, -0.1) is 0 Å². The van der Waals surface area contributed by atoms with Crippen molar-refractivity contribution in [3.05, 3.63) is 33.8 Å². The van der Waals surface area contributed by atoms with Crippen molar-refractivity contribution in [3.63, 3.8) is 0 Å². The SMILES string of the molecule is CC(C)(CNCc1cccc(Cl)c1Cl)NC(=O)OC(C)(C)C. The van der Waals surface area contributed by atoms with E-state index >= 15 is 0 Å². The highest BCUT2D eigenvalue weighted by Gasteiger charge is 2.24. The van der Waals surface area contributed by atoms with Gasteiger partial charge in [0.25, 0.3) is 0 Å². The summed E-state index contributed by atoms with van der Waals surface area (Å²) in [7, 11) is 0. The van der Waals surface area contributed by atoms with Crippen LogP contribution in [0.1, 0.15) is 40.2 Å². The summed E-state index contributed by atoms with van der Waals surface area (Å²) in [6, 6.07) is 5.52. The maximum atomic E-state index is 11.8. The van der Waals surface area contributed by atoms with Crippen LogP contribution in [0.25, 0.3) is 0 Å². The Bertz CT molecular complexity index is 525. The van der Waals surface area contributed by atoms with Crippen molar-refractivity contribution in [2.45, 2.75) is 52.3 Å². The maximum absolute atomic E-state index is 11.8. The summed E-state index contributed by atoms with van der Waals surface area (Å²) in [5.74, 6) is 0. The molecule has 1 amide bonds. The first kappa shape index (κ1) is 19.1. The monoisotopic (exact) mass is 346 g/mol. The Balaban J connectivity index is 2.49. The highest BCUT2D eigenvalue weighted by atomic mass is 35.5. The maximum Gasteiger partial charge on any atom is 0.408 e. The third kappa shape index (κ3) is 6.86. The van der Waals surface area contributed by atoms with E-state index in [4.69, 9.17) is 27.9 Å². The van der Waals surface area contributed by atoms with Crippen LogP contribution in [0.5, 0.6) is 0 Å². The van der Waals surface area contributed by atoms with E-state index in [1.165, 1.54) is 0 Å². The fourth-order valence-electron chi connectivity index (χ4n) is 1.82. The minimum atomic E-state index is -0.512. The molecule has 0 radical (unpaired) electrons. The van der Waals surface area contributed by atoms with Crippen LogP contribution in [0, 0.1) is 0 Å². The smallest absolute Gasteiger partial charge is 0.408 e. The highest BCUT2D eigenvalue weighted by molar-refractivity contribution is 6.42. The number of halogens is 2. The lowest BCUT2D eigenvalue weighted by Gasteiger charge is -2.29. The molecule has 4 nitrogen and oxygen atoms in total. The van der Waals surface area contributed by atoms with E-state index < -0.39 is 17.2 Å². The lowest BCUT2D eigenvalue weighted by Crippen LogP contribution is -2.51. The van der Waals surface area contributed by atoms with Gasteiger partial charge < -0.3 is 15.4 Å². The second kappa shape index (κ2) is 7.53. The van der Waals surface area contributed by atoms with Gasteiger partial charge in [-0.25, -0.2) is 4.79 Å². The van der Waals surface area contributed by atoms with Crippen molar-refractivity contribution >= 4 is 29.3 Å². The molecule has 6 heteroatoms. The molecule has 0 spiro atoms. The van der Waals surface area contributed by atoms with Crippen molar-refractivity contribution in [1.29, 1.82) is 0 Å². The quantitative estimate of drug-likeness (QED) is 0.831. The molecule has 0 aliphatic rings. The summed E-state index contributed by atoms with van der Waals surface area (Å²) in [6.07, 6.45) is -0.430. The number of carbonyl (C=O) groups is 1. The molecule has 0 aliphatic carbocycles. The van der Waals surface area contributed by atoms with Crippen molar-refractivity contribution in [1.82, 2.24) is 10.6 Å². The Labute approximate surface area is 142 Å².